The minimum atomic E-state index is -1.02. The zero-order chi connectivity index (χ0) is 33.3. The summed E-state index contributed by atoms with van der Waals surface area (Å²) in [5.41, 5.74) is 2.08. The van der Waals surface area contributed by atoms with Gasteiger partial charge in [-0.15, -0.1) is 0 Å². The van der Waals surface area contributed by atoms with Crippen molar-refractivity contribution in [2.24, 2.45) is 0 Å². The third-order valence-electron chi connectivity index (χ3n) is 7.73. The van der Waals surface area contributed by atoms with Crippen molar-refractivity contribution in [2.45, 2.75) is 27.7 Å². The molecule has 0 aliphatic heterocycles. The molecule has 0 saturated heterocycles. The smallest absolute Gasteiger partial charge is 0.273 e. The number of aryl methyl sites for hydroxylation is 2. The fourth-order valence-electron chi connectivity index (χ4n) is 5.21. The van der Waals surface area contributed by atoms with Crippen LogP contribution in [-0.2, 0) is 0 Å². The van der Waals surface area contributed by atoms with E-state index in [1.165, 1.54) is 50.2 Å². The molecule has 2 amide bonds. The van der Waals surface area contributed by atoms with Crippen LogP contribution in [0.2, 0.25) is 0 Å². The molecule has 46 heavy (non-hydrogen) atoms. The summed E-state index contributed by atoms with van der Waals surface area (Å²) in [5, 5.41) is 34.1. The molecule has 0 atom stereocenters. The Morgan fingerprint density at radius 2 is 1.13 bits per heavy atom. The Kier molecular flexibility index (Phi) is 8.29. The van der Waals surface area contributed by atoms with Crippen molar-refractivity contribution >= 4 is 29.1 Å². The van der Waals surface area contributed by atoms with Crippen molar-refractivity contribution < 1.29 is 23.9 Å². The molecule has 5 rings (SSSR count). The number of imide groups is 1. The van der Waals surface area contributed by atoms with Gasteiger partial charge in [-0.25, -0.2) is 4.90 Å². The Hall–Kier alpha value is -6.41. The molecule has 1 heterocycles. The highest BCUT2D eigenvalue weighted by Gasteiger charge is 2.37. The van der Waals surface area contributed by atoms with E-state index in [1.54, 1.807) is 24.3 Å². The molecule has 0 spiro atoms. The lowest BCUT2D eigenvalue weighted by atomic mass is 9.96. The van der Waals surface area contributed by atoms with Gasteiger partial charge in [0.1, 0.15) is 17.4 Å². The number of rotatable bonds is 7. The van der Waals surface area contributed by atoms with Gasteiger partial charge >= 0.3 is 0 Å². The van der Waals surface area contributed by atoms with Gasteiger partial charge in [-0.2, -0.15) is 5.26 Å². The first-order valence-corrected chi connectivity index (χ1v) is 14.0. The molecule has 11 heteroatoms. The van der Waals surface area contributed by atoms with E-state index in [9.17, 15) is 35.1 Å². The lowest BCUT2D eigenvalue weighted by Crippen LogP contribution is -2.38. The van der Waals surface area contributed by atoms with E-state index in [0.29, 0.717) is 21.6 Å². The number of furan rings is 1. The number of nitriles is 1. The van der Waals surface area contributed by atoms with Crippen LogP contribution in [0.5, 0.6) is 0 Å². The molecule has 0 N–H and O–H groups in total. The highest BCUT2D eigenvalue weighted by molar-refractivity contribution is 6.27. The number of nitro benzene ring substituents is 2. The average molecular weight is 615 g/mol. The zero-order valence-corrected chi connectivity index (χ0v) is 25.2. The topological polar surface area (TPSA) is 161 Å². The van der Waals surface area contributed by atoms with Crippen molar-refractivity contribution in [2.75, 3.05) is 4.90 Å². The maximum atomic E-state index is 14.4. The second-order valence-electron chi connectivity index (χ2n) is 10.7. The average Bonchev–Trinajstić information content (AvgIpc) is 3.40. The Labute approximate surface area is 263 Å². The Morgan fingerprint density at radius 1 is 0.696 bits per heavy atom. The van der Waals surface area contributed by atoms with Crippen molar-refractivity contribution in [1.29, 1.82) is 5.26 Å². The van der Waals surface area contributed by atoms with Gasteiger partial charge in [0.2, 0.25) is 5.88 Å². The molecule has 0 aliphatic carbocycles. The van der Waals surface area contributed by atoms with E-state index in [-0.39, 0.29) is 45.0 Å². The Morgan fingerprint density at radius 3 is 1.54 bits per heavy atom. The molecular weight excluding hydrogens is 588 g/mol. The number of hydrogen-bond donors (Lipinski definition) is 0. The van der Waals surface area contributed by atoms with Crippen molar-refractivity contribution in [3.63, 3.8) is 0 Å². The van der Waals surface area contributed by atoms with E-state index < -0.39 is 27.5 Å². The monoisotopic (exact) mass is 614 g/mol. The van der Waals surface area contributed by atoms with Crippen molar-refractivity contribution in [3.8, 4) is 28.5 Å². The molecule has 0 radical (unpaired) electrons. The molecule has 0 bridgehead atoms. The SMILES string of the molecule is Cc1ccc(-c2oc(N(C(=O)c3cccc([N+](=O)[O-])c3C)C(=O)c3cccc([N+](=O)[O-])c3C)c(C#N)c2-c2ccc(C)cc2)cc1. The predicted molar refractivity (Wildman–Crippen MR) is 171 cm³/mol. The quantitative estimate of drug-likeness (QED) is 0.101. The standard InChI is InChI=1S/C35H26N4O7/c1-20-11-15-24(16-12-20)31-28(19-36)35(46-32(31)25-17-13-21(2)14-18-25)37(33(40)26-7-5-9-29(22(26)3)38(42)43)34(41)27-8-6-10-30(23(27)4)39(44)45/h5-18H,1-4H3. The normalized spacial score (nSPS) is 10.7. The molecular formula is C35H26N4O7. The minimum Gasteiger partial charge on any atom is -0.437 e. The van der Waals surface area contributed by atoms with Crippen LogP contribution in [0.25, 0.3) is 22.5 Å². The highest BCUT2D eigenvalue weighted by atomic mass is 16.6. The molecule has 1 aromatic heterocycles. The van der Waals surface area contributed by atoms with Gasteiger partial charge < -0.3 is 4.42 Å². The molecule has 0 unspecified atom stereocenters. The van der Waals surface area contributed by atoms with Crippen LogP contribution in [0, 0.1) is 59.3 Å². The summed E-state index contributed by atoms with van der Waals surface area (Å²) < 4.78 is 6.32. The van der Waals surface area contributed by atoms with Gasteiger partial charge in [0, 0.05) is 34.4 Å². The summed E-state index contributed by atoms with van der Waals surface area (Å²) in [4.78, 5) is 51.6. The molecule has 228 valence electrons. The van der Waals surface area contributed by atoms with Crippen LogP contribution in [0.3, 0.4) is 0 Å². The number of amides is 2. The van der Waals surface area contributed by atoms with Crippen LogP contribution in [-0.4, -0.2) is 21.7 Å². The number of carbonyl (C=O) groups excluding carboxylic acids is 2. The third-order valence-corrected chi connectivity index (χ3v) is 7.73. The first kappa shape index (κ1) is 31.0. The molecule has 5 aromatic rings. The number of hydrogen-bond acceptors (Lipinski definition) is 8. The van der Waals surface area contributed by atoms with E-state index in [1.807, 2.05) is 38.1 Å². The first-order valence-electron chi connectivity index (χ1n) is 14.0. The Balaban J connectivity index is 1.85. The lowest BCUT2D eigenvalue weighted by molar-refractivity contribution is -0.385. The molecule has 0 fully saturated rings. The van der Waals surface area contributed by atoms with Gasteiger partial charge in [-0.3, -0.25) is 29.8 Å². The second-order valence-corrected chi connectivity index (χ2v) is 10.7. The van der Waals surface area contributed by atoms with Crippen LogP contribution < -0.4 is 4.90 Å². The van der Waals surface area contributed by atoms with Crippen LogP contribution >= 0.6 is 0 Å². The van der Waals surface area contributed by atoms with E-state index in [4.69, 9.17) is 4.42 Å². The predicted octanol–water partition coefficient (Wildman–Crippen LogP) is 8.02. The first-order chi connectivity index (χ1) is 21.9. The lowest BCUT2D eigenvalue weighted by Gasteiger charge is -2.21. The maximum absolute atomic E-state index is 14.4. The van der Waals surface area contributed by atoms with Crippen molar-refractivity contribution in [1.82, 2.24) is 0 Å². The molecule has 11 nitrogen and oxygen atoms in total. The largest absolute Gasteiger partial charge is 0.437 e. The van der Waals surface area contributed by atoms with Crippen molar-refractivity contribution in [3.05, 3.63) is 144 Å². The number of nitro groups is 2. The Bertz CT molecular complexity index is 2010. The summed E-state index contributed by atoms with van der Waals surface area (Å²) in [5.74, 6) is -2.27. The van der Waals surface area contributed by atoms with Crippen LogP contribution in [0.15, 0.2) is 89.3 Å². The number of benzene rings is 4. The summed E-state index contributed by atoms with van der Waals surface area (Å²) in [6.07, 6.45) is 0. The van der Waals surface area contributed by atoms with Crippen LogP contribution in [0.4, 0.5) is 17.3 Å². The van der Waals surface area contributed by atoms with Gasteiger partial charge in [-0.1, -0.05) is 71.8 Å². The fourth-order valence-corrected chi connectivity index (χ4v) is 5.21. The van der Waals surface area contributed by atoms with Gasteiger partial charge in [0.15, 0.2) is 0 Å². The summed E-state index contributed by atoms with van der Waals surface area (Å²) in [7, 11) is 0. The summed E-state index contributed by atoms with van der Waals surface area (Å²) >= 11 is 0. The second kappa shape index (κ2) is 12.3. The summed E-state index contributed by atoms with van der Waals surface area (Å²) in [6, 6.07) is 24.3. The van der Waals surface area contributed by atoms with Gasteiger partial charge in [0.05, 0.1) is 21.0 Å². The molecule has 4 aromatic carbocycles. The zero-order valence-electron chi connectivity index (χ0n) is 25.2. The van der Waals surface area contributed by atoms with E-state index >= 15 is 0 Å². The third kappa shape index (κ3) is 5.51. The number of anilines is 1. The van der Waals surface area contributed by atoms with Crippen LogP contribution in [0.1, 0.15) is 48.5 Å². The fraction of sp³-hybridized carbons (Fsp3) is 0.114. The maximum Gasteiger partial charge on any atom is 0.273 e. The summed E-state index contributed by atoms with van der Waals surface area (Å²) in [6.45, 7) is 6.55. The van der Waals surface area contributed by atoms with Gasteiger partial charge in [-0.05, 0) is 45.4 Å². The molecule has 0 saturated carbocycles. The minimum absolute atomic E-state index is 0.0198. The molecule has 0 aliphatic rings. The van der Waals surface area contributed by atoms with E-state index in [0.717, 1.165) is 11.1 Å². The van der Waals surface area contributed by atoms with E-state index in [2.05, 4.69) is 6.07 Å². The highest BCUT2D eigenvalue weighted by Crippen LogP contribution is 2.44. The number of nitrogens with zero attached hydrogens (tertiary/aromatic N) is 4. The number of carbonyl (C=O) groups is 2. The van der Waals surface area contributed by atoms with Gasteiger partial charge in [0.25, 0.3) is 23.2 Å².